The third kappa shape index (κ3) is 13.7. The van der Waals surface area contributed by atoms with E-state index < -0.39 is 123 Å². The molecule has 324 valence electrons. The summed E-state index contributed by atoms with van der Waals surface area (Å²) in [7, 11) is 0. The number of ether oxygens (including phenoxy) is 10. The molecular formula is C41H46O19. The fourth-order valence-corrected chi connectivity index (χ4v) is 6.49. The van der Waals surface area contributed by atoms with Crippen molar-refractivity contribution in [3.8, 4) is 5.75 Å². The molecule has 1 N–H and O–H groups in total. The van der Waals surface area contributed by atoms with E-state index in [0.29, 0.717) is 5.56 Å². The molecule has 2 aliphatic rings. The van der Waals surface area contributed by atoms with Crippen molar-refractivity contribution in [2.45, 2.75) is 103 Å². The highest BCUT2D eigenvalue weighted by Gasteiger charge is 2.57. The van der Waals surface area contributed by atoms with Gasteiger partial charge in [0.1, 0.15) is 31.2 Å². The Morgan fingerprint density at radius 3 is 1.62 bits per heavy atom. The van der Waals surface area contributed by atoms with E-state index in [9.17, 15) is 43.5 Å². The van der Waals surface area contributed by atoms with Crippen LogP contribution >= 0.6 is 0 Å². The van der Waals surface area contributed by atoms with Crippen molar-refractivity contribution in [2.24, 2.45) is 5.92 Å². The summed E-state index contributed by atoms with van der Waals surface area (Å²) in [5.74, 6) is -8.23. The highest BCUT2D eigenvalue weighted by atomic mass is 16.8. The molecule has 2 saturated heterocycles. The topological polar surface area (TPSA) is 249 Å². The van der Waals surface area contributed by atoms with Crippen LogP contribution in [0, 0.1) is 5.92 Å². The minimum Gasteiger partial charge on any atom is -0.481 e. The Morgan fingerprint density at radius 2 is 1.08 bits per heavy atom. The van der Waals surface area contributed by atoms with Gasteiger partial charge in [0.15, 0.2) is 36.5 Å². The van der Waals surface area contributed by atoms with Crippen LogP contribution in [0.2, 0.25) is 0 Å². The van der Waals surface area contributed by atoms with E-state index in [1.54, 1.807) is 6.08 Å². The monoisotopic (exact) mass is 842 g/mol. The SMILES string of the molecule is CC(=O)OC[C@@H]1O[C@@H](Oc2ccc(C(=O)/C=C\c3ccccc3)cc2)[C@H](OC(C)=O)[C@H](CC(=O)O)[C@H]1O[C@H]1O[C@@H](COC(C)=O)[C@H](OC(C)=O)[C@@H](OC(C)=O)[C@@H]1OC(C)=O. The van der Waals surface area contributed by atoms with Crippen LogP contribution < -0.4 is 4.74 Å². The van der Waals surface area contributed by atoms with E-state index in [2.05, 4.69) is 0 Å². The van der Waals surface area contributed by atoms with Gasteiger partial charge in [-0.2, -0.15) is 0 Å². The van der Waals surface area contributed by atoms with E-state index in [0.717, 1.165) is 47.1 Å². The third-order valence-corrected chi connectivity index (χ3v) is 8.81. The van der Waals surface area contributed by atoms with E-state index >= 15 is 0 Å². The summed E-state index contributed by atoms with van der Waals surface area (Å²) < 4.78 is 57.2. The predicted molar refractivity (Wildman–Crippen MR) is 200 cm³/mol. The number of ketones is 1. The van der Waals surface area contributed by atoms with Gasteiger partial charge in [0.05, 0.1) is 12.5 Å². The number of allylic oxidation sites excluding steroid dienone is 1. The average Bonchev–Trinajstić information content (AvgIpc) is 3.16. The van der Waals surface area contributed by atoms with Gasteiger partial charge in [0.25, 0.3) is 0 Å². The number of aliphatic carboxylic acids is 1. The van der Waals surface area contributed by atoms with Gasteiger partial charge < -0.3 is 52.5 Å². The van der Waals surface area contributed by atoms with Crippen LogP contribution in [-0.2, 0) is 76.2 Å². The molecular weight excluding hydrogens is 796 g/mol. The Kier molecular flexibility index (Phi) is 16.8. The molecule has 19 heteroatoms. The number of esters is 6. The minimum atomic E-state index is -1.84. The maximum absolute atomic E-state index is 12.9. The zero-order valence-corrected chi connectivity index (χ0v) is 33.5. The van der Waals surface area contributed by atoms with Crippen LogP contribution in [0.15, 0.2) is 60.7 Å². The first-order valence-corrected chi connectivity index (χ1v) is 18.6. The van der Waals surface area contributed by atoms with Crippen LogP contribution in [0.25, 0.3) is 6.08 Å². The molecule has 2 aliphatic heterocycles. The molecule has 19 nitrogen and oxygen atoms in total. The fraction of sp³-hybridized carbons (Fsp3) is 0.463. The van der Waals surface area contributed by atoms with E-state index in [1.807, 2.05) is 30.3 Å². The Balaban J connectivity index is 1.75. The lowest BCUT2D eigenvalue weighted by Crippen LogP contribution is -2.66. The molecule has 0 aromatic heterocycles. The smallest absolute Gasteiger partial charge is 0.303 e. The van der Waals surface area contributed by atoms with Gasteiger partial charge in [0.2, 0.25) is 6.29 Å². The van der Waals surface area contributed by atoms with Gasteiger partial charge in [0, 0.05) is 53.0 Å². The van der Waals surface area contributed by atoms with Crippen LogP contribution in [0.1, 0.15) is 63.9 Å². The molecule has 2 heterocycles. The number of carboxylic acid groups (broad SMARTS) is 1. The Bertz CT molecular complexity index is 1890. The maximum atomic E-state index is 12.9. The van der Waals surface area contributed by atoms with E-state index in [-0.39, 0.29) is 11.5 Å². The highest BCUT2D eigenvalue weighted by Crippen LogP contribution is 2.38. The van der Waals surface area contributed by atoms with Crippen molar-refractivity contribution in [1.82, 2.24) is 0 Å². The number of carbonyl (C=O) groups excluding carboxylic acids is 7. The minimum absolute atomic E-state index is 0.0972. The Hall–Kier alpha value is -6.18. The fourth-order valence-electron chi connectivity index (χ4n) is 6.49. The Labute approximate surface area is 344 Å². The summed E-state index contributed by atoms with van der Waals surface area (Å²) in [4.78, 5) is 99.0. The van der Waals surface area contributed by atoms with Crippen LogP contribution in [-0.4, -0.2) is 121 Å². The molecule has 0 amide bonds. The summed E-state index contributed by atoms with van der Waals surface area (Å²) in [6.07, 6.45) is -12.2. The van der Waals surface area contributed by atoms with Gasteiger partial charge in [-0.1, -0.05) is 36.4 Å². The summed E-state index contributed by atoms with van der Waals surface area (Å²) in [5, 5.41) is 10.2. The average molecular weight is 843 g/mol. The molecule has 0 bridgehead atoms. The lowest BCUT2D eigenvalue weighted by Gasteiger charge is -2.49. The van der Waals surface area contributed by atoms with Crippen molar-refractivity contribution in [3.05, 3.63) is 71.8 Å². The molecule has 2 aromatic rings. The summed E-state index contributed by atoms with van der Waals surface area (Å²) >= 11 is 0. The summed E-state index contributed by atoms with van der Waals surface area (Å²) in [6.45, 7) is 5.11. The number of carbonyl (C=O) groups is 8. The Morgan fingerprint density at radius 1 is 0.583 bits per heavy atom. The second-order valence-corrected chi connectivity index (χ2v) is 13.6. The molecule has 10 atom stereocenters. The van der Waals surface area contributed by atoms with Crippen molar-refractivity contribution < 1.29 is 90.8 Å². The highest BCUT2D eigenvalue weighted by molar-refractivity contribution is 6.06. The van der Waals surface area contributed by atoms with E-state index in [4.69, 9.17) is 47.4 Å². The standard InChI is InChI=1S/C41H46O19/c1-21(42)51-19-32-35(60-41-39(56-26(6)47)38(55-25(5)46)37(54-24(4)45)33(59-41)20-52-22(2)43)30(18-34(49)50)36(53-23(3)44)40(58-32)57-29-15-13-28(14-16-29)31(48)17-12-27-10-8-7-9-11-27/h7-17,30,32-33,35-41H,18-20H2,1-6H3,(H,49,50)/b17-12-/t30-,32+,33+,35-,36-,37+,38-,39+,40-,41-/m1/s1. The molecule has 2 fully saturated rings. The van der Waals surface area contributed by atoms with Crippen molar-refractivity contribution >= 4 is 53.6 Å². The quantitative estimate of drug-likeness (QED) is 0.104. The van der Waals surface area contributed by atoms with Crippen LogP contribution in [0.4, 0.5) is 0 Å². The second kappa shape index (κ2) is 21.7. The molecule has 4 rings (SSSR count). The molecule has 0 saturated carbocycles. The molecule has 0 aliphatic carbocycles. The van der Waals surface area contributed by atoms with Crippen LogP contribution in [0.5, 0.6) is 5.75 Å². The van der Waals surface area contributed by atoms with Crippen molar-refractivity contribution in [3.63, 3.8) is 0 Å². The van der Waals surface area contributed by atoms with Crippen molar-refractivity contribution in [1.29, 1.82) is 0 Å². The first-order valence-electron chi connectivity index (χ1n) is 18.6. The van der Waals surface area contributed by atoms with E-state index in [1.165, 1.54) is 30.3 Å². The zero-order chi connectivity index (χ0) is 44.1. The lowest BCUT2D eigenvalue weighted by molar-refractivity contribution is -0.349. The van der Waals surface area contributed by atoms with Gasteiger partial charge in [-0.3, -0.25) is 38.4 Å². The number of benzene rings is 2. The van der Waals surface area contributed by atoms with Gasteiger partial charge in [-0.25, -0.2) is 0 Å². The maximum Gasteiger partial charge on any atom is 0.303 e. The molecule has 0 unspecified atom stereocenters. The van der Waals surface area contributed by atoms with Crippen LogP contribution in [0.3, 0.4) is 0 Å². The molecule has 2 aromatic carbocycles. The van der Waals surface area contributed by atoms with Gasteiger partial charge >= 0.3 is 41.8 Å². The molecule has 0 spiro atoms. The van der Waals surface area contributed by atoms with Gasteiger partial charge in [-0.05, 0) is 35.9 Å². The summed E-state index contributed by atoms with van der Waals surface area (Å²) in [6, 6.07) is 15.0. The number of carboxylic acids is 1. The number of rotatable bonds is 17. The zero-order valence-electron chi connectivity index (χ0n) is 33.5. The van der Waals surface area contributed by atoms with Crippen molar-refractivity contribution in [2.75, 3.05) is 13.2 Å². The summed E-state index contributed by atoms with van der Waals surface area (Å²) in [5.41, 5.74) is 1.11. The predicted octanol–water partition coefficient (Wildman–Crippen LogP) is 2.74. The third-order valence-electron chi connectivity index (χ3n) is 8.81. The number of hydrogen-bond acceptors (Lipinski definition) is 18. The lowest BCUT2D eigenvalue weighted by atomic mass is 9.85. The normalized spacial score (nSPS) is 26.2. The molecule has 60 heavy (non-hydrogen) atoms. The largest absolute Gasteiger partial charge is 0.481 e. The van der Waals surface area contributed by atoms with Gasteiger partial charge in [-0.15, -0.1) is 0 Å². The first kappa shape index (κ1) is 46.5. The molecule has 0 radical (unpaired) electrons. The first-order chi connectivity index (χ1) is 28.4. The second-order valence-electron chi connectivity index (χ2n) is 13.6. The number of hydrogen-bond donors (Lipinski definition) is 1.